The zero-order valence-corrected chi connectivity index (χ0v) is 7.03. The molecule has 1 unspecified atom stereocenters. The normalized spacial score (nSPS) is 25.5. The summed E-state index contributed by atoms with van der Waals surface area (Å²) in [5.41, 5.74) is -0.520. The minimum absolute atomic E-state index is 0.0664. The van der Waals surface area contributed by atoms with Gasteiger partial charge in [-0.05, 0) is 19.1 Å². The predicted octanol–water partition coefficient (Wildman–Crippen LogP) is 0.552. The Balaban J connectivity index is 2.62. The summed E-state index contributed by atoms with van der Waals surface area (Å²) in [7, 11) is 0. The number of nitrogens with one attached hydrogen (secondary N) is 1. The Hall–Kier alpha value is -1.55. The number of carbonyl (C=O) groups is 1. The molecule has 0 aromatic heterocycles. The molecule has 4 heteroatoms. The van der Waals surface area contributed by atoms with Crippen LogP contribution in [0.25, 0.3) is 0 Å². The Morgan fingerprint density at radius 2 is 2.15 bits per heavy atom. The van der Waals surface area contributed by atoms with Crippen molar-refractivity contribution in [2.45, 2.75) is 12.5 Å². The van der Waals surface area contributed by atoms with Crippen LogP contribution in [-0.2, 0) is 10.4 Å². The van der Waals surface area contributed by atoms with Crippen LogP contribution in [0.4, 0.5) is 5.69 Å². The van der Waals surface area contributed by atoms with Crippen LogP contribution in [0.1, 0.15) is 12.5 Å². The van der Waals surface area contributed by atoms with Crippen molar-refractivity contribution < 1.29 is 15.0 Å². The second-order valence-corrected chi connectivity index (χ2v) is 3.26. The van der Waals surface area contributed by atoms with Crippen LogP contribution in [0.3, 0.4) is 0 Å². The second kappa shape index (κ2) is 2.23. The molecular formula is C9H9NO3. The highest BCUT2D eigenvalue weighted by Crippen LogP contribution is 2.37. The van der Waals surface area contributed by atoms with Crippen molar-refractivity contribution >= 4 is 11.6 Å². The van der Waals surface area contributed by atoms with Gasteiger partial charge in [-0.2, -0.15) is 0 Å². The second-order valence-electron chi connectivity index (χ2n) is 3.26. The van der Waals surface area contributed by atoms with E-state index in [4.69, 9.17) is 5.11 Å². The van der Waals surface area contributed by atoms with Gasteiger partial charge in [0.2, 0.25) is 0 Å². The first-order valence-corrected chi connectivity index (χ1v) is 3.89. The van der Waals surface area contributed by atoms with Crippen LogP contribution in [-0.4, -0.2) is 16.1 Å². The summed E-state index contributed by atoms with van der Waals surface area (Å²) in [6, 6.07) is 4.38. The molecule has 1 aliphatic rings. The lowest BCUT2D eigenvalue weighted by molar-refractivity contribution is -0.131. The highest BCUT2D eigenvalue weighted by atomic mass is 16.3. The maximum absolute atomic E-state index is 11.2. The number of anilines is 1. The SMILES string of the molecule is CC1(O)C(=O)Nc2cc(O)ccc21. The number of hydrogen-bond donors (Lipinski definition) is 3. The molecule has 0 spiro atoms. The van der Waals surface area contributed by atoms with Gasteiger partial charge in [-0.25, -0.2) is 0 Å². The fourth-order valence-corrected chi connectivity index (χ4v) is 1.43. The molecule has 1 amide bonds. The number of fused-ring (bicyclic) bond motifs is 1. The Kier molecular flexibility index (Phi) is 1.38. The van der Waals surface area contributed by atoms with Gasteiger partial charge in [0.1, 0.15) is 5.75 Å². The molecule has 0 bridgehead atoms. The molecule has 1 atom stereocenters. The molecule has 0 saturated carbocycles. The molecule has 3 N–H and O–H groups in total. The van der Waals surface area contributed by atoms with Crippen LogP contribution in [0, 0.1) is 0 Å². The molecule has 0 fully saturated rings. The Bertz CT molecular complexity index is 384. The number of benzene rings is 1. The van der Waals surface area contributed by atoms with Gasteiger partial charge in [0.05, 0.1) is 5.69 Å². The number of aromatic hydroxyl groups is 1. The molecule has 1 aromatic carbocycles. The fourth-order valence-electron chi connectivity index (χ4n) is 1.43. The van der Waals surface area contributed by atoms with E-state index in [0.717, 1.165) is 0 Å². The van der Waals surface area contributed by atoms with E-state index < -0.39 is 11.5 Å². The van der Waals surface area contributed by atoms with E-state index in [1.54, 1.807) is 0 Å². The van der Waals surface area contributed by atoms with E-state index >= 15 is 0 Å². The molecule has 68 valence electrons. The molecule has 13 heavy (non-hydrogen) atoms. The van der Waals surface area contributed by atoms with Crippen LogP contribution < -0.4 is 5.32 Å². The summed E-state index contributed by atoms with van der Waals surface area (Å²) in [4.78, 5) is 11.2. The van der Waals surface area contributed by atoms with E-state index in [9.17, 15) is 9.90 Å². The van der Waals surface area contributed by atoms with Gasteiger partial charge in [-0.3, -0.25) is 4.79 Å². The molecule has 1 heterocycles. The largest absolute Gasteiger partial charge is 0.508 e. The lowest BCUT2D eigenvalue weighted by Gasteiger charge is -2.13. The molecule has 1 aliphatic heterocycles. The average molecular weight is 179 g/mol. The van der Waals surface area contributed by atoms with Gasteiger partial charge in [0, 0.05) is 11.6 Å². The third-order valence-corrected chi connectivity index (χ3v) is 2.22. The molecule has 0 saturated heterocycles. The van der Waals surface area contributed by atoms with Gasteiger partial charge in [0.25, 0.3) is 5.91 Å². The highest BCUT2D eigenvalue weighted by Gasteiger charge is 2.40. The number of rotatable bonds is 0. The standard InChI is InChI=1S/C9H9NO3/c1-9(13)6-3-2-5(11)4-7(6)10-8(9)12/h2-4,11,13H,1H3,(H,10,12). The third kappa shape index (κ3) is 0.990. The maximum atomic E-state index is 11.2. The first-order valence-electron chi connectivity index (χ1n) is 3.89. The quantitative estimate of drug-likeness (QED) is 0.544. The van der Waals surface area contributed by atoms with Crippen molar-refractivity contribution in [2.24, 2.45) is 0 Å². The van der Waals surface area contributed by atoms with Crippen LogP contribution in [0.2, 0.25) is 0 Å². The summed E-state index contributed by atoms with van der Waals surface area (Å²) in [6.45, 7) is 1.42. The number of hydrogen-bond acceptors (Lipinski definition) is 3. The average Bonchev–Trinajstić information content (AvgIpc) is 2.23. The topological polar surface area (TPSA) is 69.6 Å². The minimum Gasteiger partial charge on any atom is -0.508 e. The van der Waals surface area contributed by atoms with E-state index in [0.29, 0.717) is 11.3 Å². The number of carbonyl (C=O) groups excluding carboxylic acids is 1. The summed E-state index contributed by atoms with van der Waals surface area (Å²) in [5, 5.41) is 21.3. The van der Waals surface area contributed by atoms with Gasteiger partial charge in [0.15, 0.2) is 5.60 Å². The van der Waals surface area contributed by atoms with E-state index in [-0.39, 0.29) is 5.75 Å². The van der Waals surface area contributed by atoms with Gasteiger partial charge < -0.3 is 15.5 Å². The zero-order chi connectivity index (χ0) is 9.64. The number of phenolic OH excluding ortho intramolecular Hbond substituents is 1. The van der Waals surface area contributed by atoms with Crippen molar-refractivity contribution in [3.63, 3.8) is 0 Å². The van der Waals surface area contributed by atoms with Crippen molar-refractivity contribution in [3.8, 4) is 5.75 Å². The van der Waals surface area contributed by atoms with Crippen molar-refractivity contribution in [2.75, 3.05) is 5.32 Å². The predicted molar refractivity (Wildman–Crippen MR) is 46.3 cm³/mol. The first kappa shape index (κ1) is 8.07. The molecule has 0 radical (unpaired) electrons. The van der Waals surface area contributed by atoms with Crippen molar-refractivity contribution in [1.29, 1.82) is 0 Å². The van der Waals surface area contributed by atoms with Crippen molar-refractivity contribution in [1.82, 2.24) is 0 Å². The molecule has 4 nitrogen and oxygen atoms in total. The summed E-state index contributed by atoms with van der Waals surface area (Å²) >= 11 is 0. The van der Waals surface area contributed by atoms with E-state index in [1.165, 1.54) is 25.1 Å². The van der Waals surface area contributed by atoms with E-state index in [1.807, 2.05) is 0 Å². The Morgan fingerprint density at radius 3 is 2.85 bits per heavy atom. The number of aliphatic hydroxyl groups is 1. The number of phenols is 1. The Morgan fingerprint density at radius 1 is 1.46 bits per heavy atom. The number of amides is 1. The van der Waals surface area contributed by atoms with Gasteiger partial charge >= 0.3 is 0 Å². The Labute approximate surface area is 74.8 Å². The van der Waals surface area contributed by atoms with Crippen molar-refractivity contribution in [3.05, 3.63) is 23.8 Å². The highest BCUT2D eigenvalue weighted by molar-refractivity contribution is 6.04. The molecule has 1 aromatic rings. The summed E-state index contributed by atoms with van der Waals surface area (Å²) in [5.74, 6) is -0.398. The smallest absolute Gasteiger partial charge is 0.260 e. The van der Waals surface area contributed by atoms with E-state index in [2.05, 4.69) is 5.32 Å². The summed E-state index contributed by atoms with van der Waals surface area (Å²) in [6.07, 6.45) is 0. The molecule has 2 rings (SSSR count). The molecule has 0 aliphatic carbocycles. The molecular weight excluding hydrogens is 170 g/mol. The first-order chi connectivity index (χ1) is 6.01. The minimum atomic E-state index is -1.48. The zero-order valence-electron chi connectivity index (χ0n) is 7.03. The lowest BCUT2D eigenvalue weighted by Crippen LogP contribution is -2.30. The maximum Gasteiger partial charge on any atom is 0.260 e. The summed E-state index contributed by atoms with van der Waals surface area (Å²) < 4.78 is 0. The lowest BCUT2D eigenvalue weighted by atomic mass is 9.98. The van der Waals surface area contributed by atoms with Crippen LogP contribution >= 0.6 is 0 Å². The monoisotopic (exact) mass is 179 g/mol. The fraction of sp³-hybridized carbons (Fsp3) is 0.222. The third-order valence-electron chi connectivity index (χ3n) is 2.22. The van der Waals surface area contributed by atoms with Crippen LogP contribution in [0.15, 0.2) is 18.2 Å². The van der Waals surface area contributed by atoms with Gasteiger partial charge in [-0.1, -0.05) is 0 Å². The van der Waals surface area contributed by atoms with Crippen LogP contribution in [0.5, 0.6) is 5.75 Å². The van der Waals surface area contributed by atoms with Gasteiger partial charge in [-0.15, -0.1) is 0 Å².